The number of aliphatic hydroxyl groups excluding tert-OH is 2. The fraction of sp³-hybridized carbons (Fsp3) is 0.300. The quantitative estimate of drug-likeness (QED) is 0.604. The van der Waals surface area contributed by atoms with Gasteiger partial charge in [-0.3, -0.25) is 14.3 Å². The fourth-order valence-electron chi connectivity index (χ4n) is 2.78. The Bertz CT molecular complexity index is 1180. The average Bonchev–Trinajstić information content (AvgIpc) is 3.07. The molecule has 3 atom stereocenters. The summed E-state index contributed by atoms with van der Waals surface area (Å²) in [6, 6.07) is 4.81. The molecule has 162 valence electrons. The third-order valence-corrected chi connectivity index (χ3v) is 4.22. The van der Waals surface area contributed by atoms with Gasteiger partial charge in [-0.2, -0.15) is 0 Å². The fourth-order valence-corrected chi connectivity index (χ4v) is 2.78. The molecule has 1 aliphatic heterocycles. The highest BCUT2D eigenvalue weighted by Gasteiger charge is 2.35. The molecule has 0 amide bonds. The van der Waals surface area contributed by atoms with Crippen molar-refractivity contribution in [1.29, 1.82) is 0 Å². The number of nitrogens with zero attached hydrogens (tertiary/aromatic N) is 1. The zero-order valence-corrected chi connectivity index (χ0v) is 15.6. The zero-order valence-electron chi connectivity index (χ0n) is 15.6. The highest BCUT2D eigenvalue weighted by Crippen LogP contribution is 2.27. The van der Waals surface area contributed by atoms with Gasteiger partial charge in [0.05, 0.1) is 12.7 Å². The van der Waals surface area contributed by atoms with Crippen LogP contribution in [0, 0.1) is 23.7 Å². The third-order valence-electron chi connectivity index (χ3n) is 4.22. The number of alkyl halides is 3. The first-order valence-corrected chi connectivity index (χ1v) is 8.84. The Hall–Kier alpha value is -3.51. The summed E-state index contributed by atoms with van der Waals surface area (Å²) in [5.74, 6) is 9.57. The van der Waals surface area contributed by atoms with E-state index in [0.29, 0.717) is 5.56 Å². The van der Waals surface area contributed by atoms with E-state index < -0.39 is 42.7 Å². The lowest BCUT2D eigenvalue weighted by atomic mass is 10.2. The van der Waals surface area contributed by atoms with Crippen LogP contribution in [0.5, 0.6) is 5.75 Å². The van der Waals surface area contributed by atoms with Crippen LogP contribution in [0.3, 0.4) is 0 Å². The third kappa shape index (κ3) is 5.77. The van der Waals surface area contributed by atoms with Crippen LogP contribution in [-0.4, -0.2) is 44.9 Å². The SMILES string of the molecule is O=c1[nH]c(=O)n([C@@H]2CC(O)[C@H](CO)O2)cc1C#CC#Cc1ccc(OC(F)(F)F)cc1. The van der Waals surface area contributed by atoms with E-state index in [0.717, 1.165) is 22.9 Å². The topological polar surface area (TPSA) is 114 Å². The van der Waals surface area contributed by atoms with Gasteiger partial charge >= 0.3 is 12.1 Å². The van der Waals surface area contributed by atoms with Crippen molar-refractivity contribution in [2.45, 2.75) is 31.2 Å². The summed E-state index contributed by atoms with van der Waals surface area (Å²) < 4.78 is 46.6. The van der Waals surface area contributed by atoms with E-state index in [9.17, 15) is 27.9 Å². The van der Waals surface area contributed by atoms with Crippen molar-refractivity contribution in [3.63, 3.8) is 0 Å². The standard InChI is InChI=1S/C20H15F3N2O6/c21-20(22,23)31-14-7-5-12(6-8-14)3-1-2-4-13-10-25(19(29)24-18(13)28)17-9-15(27)16(11-26)30-17/h5-8,10,15-17,26-27H,9,11H2,(H,24,28,29)/t15?,16-,17-/m0/s1. The number of aromatic amines is 1. The van der Waals surface area contributed by atoms with E-state index in [1.54, 1.807) is 0 Å². The Kier molecular flexibility index (Phi) is 6.51. The van der Waals surface area contributed by atoms with Crippen molar-refractivity contribution in [1.82, 2.24) is 9.55 Å². The van der Waals surface area contributed by atoms with Crippen molar-refractivity contribution in [3.8, 4) is 29.4 Å². The van der Waals surface area contributed by atoms with Crippen LogP contribution in [0.1, 0.15) is 23.8 Å². The van der Waals surface area contributed by atoms with E-state index in [-0.39, 0.29) is 17.7 Å². The lowest BCUT2D eigenvalue weighted by Gasteiger charge is -2.14. The average molecular weight is 436 g/mol. The second-order valence-corrected chi connectivity index (χ2v) is 6.40. The molecule has 2 aromatic rings. The van der Waals surface area contributed by atoms with Gasteiger partial charge in [0, 0.05) is 18.2 Å². The van der Waals surface area contributed by atoms with Gasteiger partial charge in [-0.1, -0.05) is 5.92 Å². The number of rotatable bonds is 3. The number of nitrogens with one attached hydrogen (secondary N) is 1. The number of aromatic nitrogens is 2. The van der Waals surface area contributed by atoms with Gasteiger partial charge in [0.1, 0.15) is 23.6 Å². The van der Waals surface area contributed by atoms with Gasteiger partial charge in [-0.05, 0) is 42.0 Å². The van der Waals surface area contributed by atoms with E-state index in [1.165, 1.54) is 12.1 Å². The van der Waals surface area contributed by atoms with Crippen LogP contribution in [0.4, 0.5) is 13.2 Å². The molecular weight excluding hydrogens is 421 g/mol. The molecule has 1 aromatic heterocycles. The monoisotopic (exact) mass is 436 g/mol. The summed E-state index contributed by atoms with van der Waals surface area (Å²) >= 11 is 0. The maximum atomic E-state index is 12.1. The molecule has 1 fully saturated rings. The Morgan fingerprint density at radius 3 is 2.48 bits per heavy atom. The Morgan fingerprint density at radius 1 is 1.19 bits per heavy atom. The molecule has 1 aromatic carbocycles. The highest BCUT2D eigenvalue weighted by molar-refractivity contribution is 5.44. The molecule has 0 spiro atoms. The number of benzene rings is 1. The molecule has 11 heteroatoms. The van der Waals surface area contributed by atoms with Crippen molar-refractivity contribution >= 4 is 0 Å². The normalized spacial score (nSPS) is 20.4. The molecule has 1 unspecified atom stereocenters. The van der Waals surface area contributed by atoms with Crippen molar-refractivity contribution in [3.05, 3.63) is 62.4 Å². The molecular formula is C20H15F3N2O6. The molecule has 3 rings (SSSR count). The van der Waals surface area contributed by atoms with Gasteiger partial charge in [-0.15, -0.1) is 13.2 Å². The van der Waals surface area contributed by atoms with Crippen LogP contribution in [0.25, 0.3) is 0 Å². The summed E-state index contributed by atoms with van der Waals surface area (Å²) in [5.41, 5.74) is -1.24. The molecule has 0 bridgehead atoms. The molecule has 8 nitrogen and oxygen atoms in total. The van der Waals surface area contributed by atoms with Crippen molar-refractivity contribution in [2.24, 2.45) is 0 Å². The Balaban J connectivity index is 1.76. The summed E-state index contributed by atoms with van der Waals surface area (Å²) in [6.07, 6.45) is -6.29. The van der Waals surface area contributed by atoms with Gasteiger partial charge in [0.15, 0.2) is 0 Å². The van der Waals surface area contributed by atoms with Crippen LogP contribution in [-0.2, 0) is 4.74 Å². The number of halogens is 3. The minimum atomic E-state index is -4.79. The maximum absolute atomic E-state index is 12.1. The predicted molar refractivity (Wildman–Crippen MR) is 99.8 cm³/mol. The minimum Gasteiger partial charge on any atom is -0.406 e. The molecule has 0 aliphatic carbocycles. The Labute approximate surface area is 172 Å². The smallest absolute Gasteiger partial charge is 0.406 e. The number of hydrogen-bond donors (Lipinski definition) is 3. The van der Waals surface area contributed by atoms with Crippen LogP contribution in [0.2, 0.25) is 0 Å². The van der Waals surface area contributed by atoms with Crippen molar-refractivity contribution in [2.75, 3.05) is 6.61 Å². The summed E-state index contributed by atoms with van der Waals surface area (Å²) in [6.45, 7) is -0.429. The molecule has 31 heavy (non-hydrogen) atoms. The summed E-state index contributed by atoms with van der Waals surface area (Å²) in [7, 11) is 0. The molecule has 0 saturated carbocycles. The van der Waals surface area contributed by atoms with Gasteiger partial charge in [-0.25, -0.2) is 4.79 Å². The first-order chi connectivity index (χ1) is 14.7. The van der Waals surface area contributed by atoms with E-state index in [1.807, 2.05) is 0 Å². The molecule has 0 radical (unpaired) electrons. The van der Waals surface area contributed by atoms with Crippen LogP contribution in [0.15, 0.2) is 40.1 Å². The molecule has 3 N–H and O–H groups in total. The maximum Gasteiger partial charge on any atom is 0.573 e. The predicted octanol–water partition coefficient (Wildman–Crippen LogP) is 0.479. The molecule has 2 heterocycles. The Morgan fingerprint density at radius 2 is 1.87 bits per heavy atom. The van der Waals surface area contributed by atoms with E-state index in [4.69, 9.17) is 9.84 Å². The van der Waals surface area contributed by atoms with E-state index >= 15 is 0 Å². The number of hydrogen-bond acceptors (Lipinski definition) is 6. The first-order valence-electron chi connectivity index (χ1n) is 8.84. The van der Waals surface area contributed by atoms with Crippen molar-refractivity contribution < 1.29 is 32.9 Å². The van der Waals surface area contributed by atoms with Gasteiger partial charge < -0.3 is 19.7 Å². The van der Waals surface area contributed by atoms with Gasteiger partial charge in [0.2, 0.25) is 0 Å². The van der Waals surface area contributed by atoms with E-state index in [2.05, 4.69) is 33.4 Å². The van der Waals surface area contributed by atoms with Gasteiger partial charge in [0.25, 0.3) is 5.56 Å². The lowest BCUT2D eigenvalue weighted by molar-refractivity contribution is -0.274. The summed E-state index contributed by atoms with van der Waals surface area (Å²) in [5, 5.41) is 19.0. The number of aliphatic hydroxyl groups is 2. The lowest BCUT2D eigenvalue weighted by Crippen LogP contribution is -2.33. The number of H-pyrrole nitrogens is 1. The second-order valence-electron chi connectivity index (χ2n) is 6.40. The summed E-state index contributed by atoms with van der Waals surface area (Å²) in [4.78, 5) is 26.1. The molecule has 1 saturated heterocycles. The van der Waals surface area contributed by atoms with Crippen LogP contribution < -0.4 is 16.0 Å². The van der Waals surface area contributed by atoms with Crippen LogP contribution >= 0.6 is 0 Å². The first kappa shape index (κ1) is 22.2. The molecule has 1 aliphatic rings. The number of ether oxygens (including phenoxy) is 2. The minimum absolute atomic E-state index is 0.0396. The second kappa shape index (κ2) is 9.10. The largest absolute Gasteiger partial charge is 0.573 e. The zero-order chi connectivity index (χ0) is 22.6. The highest BCUT2D eigenvalue weighted by atomic mass is 19.4.